The first kappa shape index (κ1) is 7.15. The van der Waals surface area contributed by atoms with E-state index in [9.17, 15) is 4.39 Å². The van der Waals surface area contributed by atoms with E-state index >= 15 is 0 Å². The van der Waals surface area contributed by atoms with Gasteiger partial charge in [-0.2, -0.15) is 0 Å². The summed E-state index contributed by atoms with van der Waals surface area (Å²) in [6, 6.07) is 1.32. The lowest BCUT2D eigenvalue weighted by molar-refractivity contribution is 0.469. The van der Waals surface area contributed by atoms with Crippen molar-refractivity contribution in [3.8, 4) is 0 Å². The van der Waals surface area contributed by atoms with Gasteiger partial charge < -0.3 is 0 Å². The predicted octanol–water partition coefficient (Wildman–Crippen LogP) is 1.37. The SMILES string of the molecule is C[SiH2]CCCCF. The summed E-state index contributed by atoms with van der Waals surface area (Å²) in [7, 11) is 0.227. The molecular formula is C5H13FSi. The van der Waals surface area contributed by atoms with Crippen LogP contribution in [0.2, 0.25) is 12.6 Å². The van der Waals surface area contributed by atoms with Gasteiger partial charge >= 0.3 is 0 Å². The lowest BCUT2D eigenvalue weighted by atomic mass is 10.4. The second-order valence-corrected chi connectivity index (χ2v) is 3.46. The molecule has 2 heteroatoms. The molecule has 0 fully saturated rings. The molecule has 0 unspecified atom stereocenters. The zero-order valence-corrected chi connectivity index (χ0v) is 6.33. The molecule has 0 nitrogen and oxygen atoms in total. The summed E-state index contributed by atoms with van der Waals surface area (Å²) >= 11 is 0. The zero-order chi connectivity index (χ0) is 5.54. The summed E-state index contributed by atoms with van der Waals surface area (Å²) in [5.74, 6) is 0. The van der Waals surface area contributed by atoms with Crippen LogP contribution in [0.4, 0.5) is 4.39 Å². The summed E-state index contributed by atoms with van der Waals surface area (Å²) in [6.45, 7) is 2.15. The molecule has 0 N–H and O–H groups in total. The van der Waals surface area contributed by atoms with Gasteiger partial charge in [0, 0.05) is 9.52 Å². The lowest BCUT2D eigenvalue weighted by Crippen LogP contribution is -1.81. The molecule has 0 aromatic heterocycles. The summed E-state index contributed by atoms with van der Waals surface area (Å²) in [4.78, 5) is 0. The van der Waals surface area contributed by atoms with Crippen LogP contribution in [0.1, 0.15) is 12.8 Å². The summed E-state index contributed by atoms with van der Waals surface area (Å²) in [6.07, 6.45) is 1.92. The Hall–Kier alpha value is 0.147. The summed E-state index contributed by atoms with van der Waals surface area (Å²) in [5, 5.41) is 0. The molecule has 0 rings (SSSR count). The predicted molar refractivity (Wildman–Crippen MR) is 34.4 cm³/mol. The van der Waals surface area contributed by atoms with Crippen molar-refractivity contribution in [2.45, 2.75) is 25.4 Å². The number of hydrogen-bond donors (Lipinski definition) is 0. The largest absolute Gasteiger partial charge is 0.251 e. The Morgan fingerprint density at radius 2 is 2.14 bits per heavy atom. The van der Waals surface area contributed by atoms with E-state index in [0.29, 0.717) is 0 Å². The quantitative estimate of drug-likeness (QED) is 0.388. The van der Waals surface area contributed by atoms with Gasteiger partial charge in [-0.25, -0.2) is 0 Å². The van der Waals surface area contributed by atoms with Gasteiger partial charge in [-0.1, -0.05) is 19.0 Å². The summed E-state index contributed by atoms with van der Waals surface area (Å²) < 4.78 is 11.3. The van der Waals surface area contributed by atoms with Crippen LogP contribution < -0.4 is 0 Å². The highest BCUT2D eigenvalue weighted by Crippen LogP contribution is 1.93. The topological polar surface area (TPSA) is 0 Å². The fraction of sp³-hybridized carbons (Fsp3) is 1.00. The van der Waals surface area contributed by atoms with Crippen LogP contribution in [-0.4, -0.2) is 16.2 Å². The fourth-order valence-corrected chi connectivity index (χ4v) is 1.37. The molecule has 0 bridgehead atoms. The average Bonchev–Trinajstić information content (AvgIpc) is 1.69. The van der Waals surface area contributed by atoms with Crippen LogP contribution in [0.3, 0.4) is 0 Å². The Kier molecular flexibility index (Phi) is 6.28. The molecule has 44 valence electrons. The molecule has 0 aliphatic carbocycles. The molecule has 0 saturated heterocycles. The molecule has 7 heavy (non-hydrogen) atoms. The Bertz CT molecular complexity index is 27.3. The smallest absolute Gasteiger partial charge is 0.0894 e. The minimum Gasteiger partial charge on any atom is -0.251 e. The van der Waals surface area contributed by atoms with E-state index in [1.807, 2.05) is 0 Å². The number of rotatable bonds is 4. The van der Waals surface area contributed by atoms with E-state index < -0.39 is 0 Å². The van der Waals surface area contributed by atoms with Crippen molar-refractivity contribution in [1.29, 1.82) is 0 Å². The Morgan fingerprint density at radius 3 is 2.57 bits per heavy atom. The molecule has 0 aliphatic heterocycles. The lowest BCUT2D eigenvalue weighted by Gasteiger charge is -1.88. The third-order valence-electron chi connectivity index (χ3n) is 0.987. The molecule has 0 aromatic rings. The Balaban J connectivity index is 2.45. The van der Waals surface area contributed by atoms with Gasteiger partial charge in [-0.3, -0.25) is 4.39 Å². The van der Waals surface area contributed by atoms with Gasteiger partial charge in [0.1, 0.15) is 0 Å². The van der Waals surface area contributed by atoms with E-state index in [0.717, 1.165) is 12.8 Å². The van der Waals surface area contributed by atoms with Crippen LogP contribution >= 0.6 is 0 Å². The molecule has 0 amide bonds. The number of halogens is 1. The van der Waals surface area contributed by atoms with Crippen LogP contribution in [0.15, 0.2) is 0 Å². The minimum absolute atomic E-state index is 0.117. The van der Waals surface area contributed by atoms with Crippen molar-refractivity contribution in [3.63, 3.8) is 0 Å². The molecular weight excluding hydrogens is 107 g/mol. The number of hydrogen-bond acceptors (Lipinski definition) is 0. The molecule has 0 heterocycles. The average molecular weight is 120 g/mol. The second kappa shape index (κ2) is 6.15. The van der Waals surface area contributed by atoms with Crippen molar-refractivity contribution >= 4 is 9.52 Å². The highest BCUT2D eigenvalue weighted by molar-refractivity contribution is 6.33. The maximum atomic E-state index is 11.3. The first-order chi connectivity index (χ1) is 3.41. The van der Waals surface area contributed by atoms with Crippen molar-refractivity contribution in [1.82, 2.24) is 0 Å². The summed E-state index contributed by atoms with van der Waals surface area (Å²) in [5.41, 5.74) is 0. The fourth-order valence-electron chi connectivity index (χ4n) is 0.521. The zero-order valence-electron chi connectivity index (χ0n) is 4.91. The maximum absolute atomic E-state index is 11.3. The highest BCUT2D eigenvalue weighted by Gasteiger charge is 1.82. The minimum atomic E-state index is -0.117. The van der Waals surface area contributed by atoms with Gasteiger partial charge in [-0.15, -0.1) is 0 Å². The van der Waals surface area contributed by atoms with Crippen molar-refractivity contribution < 1.29 is 4.39 Å². The standard InChI is InChI=1S/C5H13FSi/c1-7-5-3-2-4-6/h2-5,7H2,1H3. The molecule has 0 atom stereocenters. The van der Waals surface area contributed by atoms with Crippen LogP contribution in [0.5, 0.6) is 0 Å². The molecule has 0 spiro atoms. The van der Waals surface area contributed by atoms with Gasteiger partial charge in [0.05, 0.1) is 6.67 Å². The normalized spacial score (nSPS) is 11.1. The first-order valence-electron chi connectivity index (χ1n) is 2.97. The van der Waals surface area contributed by atoms with Crippen LogP contribution in [0.25, 0.3) is 0 Å². The third kappa shape index (κ3) is 6.15. The maximum Gasteiger partial charge on any atom is 0.0894 e. The van der Waals surface area contributed by atoms with Crippen LogP contribution in [-0.2, 0) is 0 Å². The first-order valence-corrected chi connectivity index (χ1v) is 5.39. The Labute approximate surface area is 46.9 Å². The van der Waals surface area contributed by atoms with Crippen LogP contribution in [0, 0.1) is 0 Å². The van der Waals surface area contributed by atoms with Crippen molar-refractivity contribution in [2.75, 3.05) is 6.67 Å². The van der Waals surface area contributed by atoms with E-state index in [1.165, 1.54) is 6.04 Å². The van der Waals surface area contributed by atoms with Gasteiger partial charge in [0.15, 0.2) is 0 Å². The highest BCUT2D eigenvalue weighted by atomic mass is 28.2. The molecule has 0 saturated carbocycles. The molecule has 0 aromatic carbocycles. The number of unbranched alkanes of at least 4 members (excludes halogenated alkanes) is 1. The number of alkyl halides is 1. The van der Waals surface area contributed by atoms with E-state index in [2.05, 4.69) is 6.55 Å². The van der Waals surface area contributed by atoms with Gasteiger partial charge in [-0.05, 0) is 6.42 Å². The van der Waals surface area contributed by atoms with Gasteiger partial charge in [0.25, 0.3) is 0 Å². The molecule has 0 radical (unpaired) electrons. The van der Waals surface area contributed by atoms with E-state index in [1.54, 1.807) is 0 Å². The Morgan fingerprint density at radius 1 is 1.43 bits per heavy atom. The van der Waals surface area contributed by atoms with E-state index in [4.69, 9.17) is 0 Å². The second-order valence-electron chi connectivity index (χ2n) is 1.75. The monoisotopic (exact) mass is 120 g/mol. The molecule has 0 aliphatic rings. The van der Waals surface area contributed by atoms with Gasteiger partial charge in [0.2, 0.25) is 0 Å². The van der Waals surface area contributed by atoms with E-state index in [-0.39, 0.29) is 16.2 Å². The third-order valence-corrected chi connectivity index (χ3v) is 2.19. The van der Waals surface area contributed by atoms with Crippen molar-refractivity contribution in [2.24, 2.45) is 0 Å². The van der Waals surface area contributed by atoms with Crippen molar-refractivity contribution in [3.05, 3.63) is 0 Å².